The summed E-state index contributed by atoms with van der Waals surface area (Å²) in [5.74, 6) is -1.19. The maximum absolute atomic E-state index is 12.7. The van der Waals surface area contributed by atoms with Crippen molar-refractivity contribution in [1.29, 1.82) is 0 Å². The van der Waals surface area contributed by atoms with Gasteiger partial charge in [-0.15, -0.1) is 0 Å². The zero-order chi connectivity index (χ0) is 28.4. The van der Waals surface area contributed by atoms with Gasteiger partial charge in [-0.25, -0.2) is 0 Å². The summed E-state index contributed by atoms with van der Waals surface area (Å²) in [4.78, 5) is 12.7. The van der Waals surface area contributed by atoms with Gasteiger partial charge in [0.15, 0.2) is 0 Å². The lowest BCUT2D eigenvalue weighted by molar-refractivity contribution is -0.240. The average Bonchev–Trinajstić information content (AvgIpc) is 3.07. The number of aliphatic carboxylic acids is 1. The highest BCUT2D eigenvalue weighted by Crippen LogP contribution is 2.74. The molecule has 0 aromatic carbocycles. The van der Waals surface area contributed by atoms with Crippen molar-refractivity contribution in [3.05, 3.63) is 11.6 Å². The van der Waals surface area contributed by atoms with Crippen LogP contribution < -0.4 is 0 Å². The van der Waals surface area contributed by atoms with Crippen LogP contribution in [-0.2, 0) is 9.53 Å². The second-order valence-corrected chi connectivity index (χ2v) is 16.6. The highest BCUT2D eigenvalue weighted by molar-refractivity contribution is 6.67. The Hall–Kier alpha value is -0.0400. The molecule has 0 aromatic rings. The minimum atomic E-state index is -1.59. The standard InChI is InChI=1S/C30H47Cl3O5/c1-16(2)7-8-18(26(36)37)24-20-13-22(35)25-27(4)11-10-21(34)17(3)19(27)9-12-28(25,5)29(20,6)14-23(24)38-15-30(31,32)33/h7,17-25,34-35H,8-15H2,1-6H3,(H,36,37)/t17-,18+,19?,20?,21+,22+,23-,24+,25?,27-,28-,29-/m0/s1. The molecule has 3 unspecified atom stereocenters. The number of ether oxygens (including phenoxy) is 1. The summed E-state index contributed by atoms with van der Waals surface area (Å²) >= 11 is 18.3. The van der Waals surface area contributed by atoms with Crippen molar-refractivity contribution in [2.75, 3.05) is 6.61 Å². The molecular weight excluding hydrogens is 547 g/mol. The van der Waals surface area contributed by atoms with Crippen LogP contribution >= 0.6 is 34.8 Å². The molecule has 0 spiro atoms. The van der Waals surface area contributed by atoms with Gasteiger partial charge < -0.3 is 20.1 Å². The van der Waals surface area contributed by atoms with Crippen LogP contribution in [0.25, 0.3) is 0 Å². The van der Waals surface area contributed by atoms with E-state index in [0.29, 0.717) is 25.2 Å². The number of halogens is 3. The average molecular weight is 594 g/mol. The van der Waals surface area contributed by atoms with Gasteiger partial charge in [-0.3, -0.25) is 4.79 Å². The minimum Gasteiger partial charge on any atom is -0.481 e. The second-order valence-electron chi connectivity index (χ2n) is 14.0. The van der Waals surface area contributed by atoms with E-state index in [-0.39, 0.29) is 58.7 Å². The van der Waals surface area contributed by atoms with Gasteiger partial charge in [0.1, 0.15) is 0 Å². The largest absolute Gasteiger partial charge is 0.481 e. The number of allylic oxidation sites excluding steroid dienone is 2. The van der Waals surface area contributed by atoms with E-state index in [1.54, 1.807) is 0 Å². The molecule has 218 valence electrons. The molecule has 0 aromatic heterocycles. The third-order valence-corrected chi connectivity index (χ3v) is 12.3. The number of rotatable bonds is 6. The first-order valence-electron chi connectivity index (χ1n) is 14.4. The summed E-state index contributed by atoms with van der Waals surface area (Å²) in [6, 6.07) is 0. The topological polar surface area (TPSA) is 87.0 Å². The maximum atomic E-state index is 12.7. The number of aliphatic hydroxyl groups excluding tert-OH is 2. The molecule has 4 fully saturated rings. The Balaban J connectivity index is 1.77. The molecule has 5 nitrogen and oxygen atoms in total. The number of carboxylic acids is 1. The monoisotopic (exact) mass is 592 g/mol. The molecule has 12 atom stereocenters. The molecule has 4 saturated carbocycles. The minimum absolute atomic E-state index is 0.0301. The van der Waals surface area contributed by atoms with Gasteiger partial charge in [-0.05, 0) is 98.7 Å². The smallest absolute Gasteiger partial charge is 0.307 e. The molecule has 0 aliphatic heterocycles. The molecule has 0 heterocycles. The Bertz CT molecular complexity index is 931. The first-order chi connectivity index (χ1) is 17.5. The fraction of sp³-hybridized carbons (Fsp3) is 0.900. The molecule has 4 aliphatic rings. The molecular formula is C30H47Cl3O5. The number of hydrogen-bond acceptors (Lipinski definition) is 4. The number of aliphatic hydroxyl groups is 2. The predicted octanol–water partition coefficient (Wildman–Crippen LogP) is 7.04. The molecule has 0 bridgehead atoms. The lowest BCUT2D eigenvalue weighted by atomic mass is 9.36. The zero-order valence-corrected chi connectivity index (χ0v) is 26.0. The Labute approximate surface area is 243 Å². The summed E-state index contributed by atoms with van der Waals surface area (Å²) in [7, 11) is 0. The lowest BCUT2D eigenvalue weighted by Gasteiger charge is -2.69. The zero-order valence-electron chi connectivity index (χ0n) is 23.7. The fourth-order valence-corrected chi connectivity index (χ4v) is 10.3. The van der Waals surface area contributed by atoms with E-state index in [1.807, 2.05) is 19.9 Å². The Morgan fingerprint density at radius 2 is 1.71 bits per heavy atom. The Kier molecular flexibility index (Phi) is 8.67. The molecule has 4 rings (SSSR count). The Morgan fingerprint density at radius 1 is 1.05 bits per heavy atom. The SMILES string of the molecule is CC(C)=CC[C@@H](C(=O)O)[C@@H]1C2C[C@@H](O)C3[C@@]4(C)CC[C@@H](O)[C@@H](C)C4CC[C@]3(C)[C@@]2(C)C[C@@H]1OCC(Cl)(Cl)Cl. The van der Waals surface area contributed by atoms with Crippen LogP contribution in [0.1, 0.15) is 86.5 Å². The number of carbonyl (C=O) groups is 1. The van der Waals surface area contributed by atoms with Crippen LogP contribution in [-0.4, -0.2) is 50.0 Å². The van der Waals surface area contributed by atoms with Crippen LogP contribution in [0.2, 0.25) is 0 Å². The molecule has 0 amide bonds. The summed E-state index contributed by atoms with van der Waals surface area (Å²) in [5.41, 5.74) is 0.537. The van der Waals surface area contributed by atoms with E-state index in [9.17, 15) is 20.1 Å². The van der Waals surface area contributed by atoms with Crippen molar-refractivity contribution < 1.29 is 24.9 Å². The normalized spacial score (nSPS) is 47.4. The highest BCUT2D eigenvalue weighted by Gasteiger charge is 2.71. The van der Waals surface area contributed by atoms with Crippen LogP contribution in [0.3, 0.4) is 0 Å². The van der Waals surface area contributed by atoms with Crippen LogP contribution in [0.5, 0.6) is 0 Å². The summed E-state index contributed by atoms with van der Waals surface area (Å²) in [5, 5.41) is 33.1. The first kappa shape index (κ1) is 30.9. The van der Waals surface area contributed by atoms with Gasteiger partial charge >= 0.3 is 5.97 Å². The fourth-order valence-electron chi connectivity index (χ4n) is 10.2. The van der Waals surface area contributed by atoms with Crippen molar-refractivity contribution in [1.82, 2.24) is 0 Å². The highest BCUT2D eigenvalue weighted by atomic mass is 35.6. The third kappa shape index (κ3) is 5.09. The maximum Gasteiger partial charge on any atom is 0.307 e. The van der Waals surface area contributed by atoms with Gasteiger partial charge in [0, 0.05) is 5.92 Å². The number of alkyl halides is 3. The van der Waals surface area contributed by atoms with Crippen molar-refractivity contribution in [2.45, 2.75) is 109 Å². The Morgan fingerprint density at radius 3 is 2.29 bits per heavy atom. The van der Waals surface area contributed by atoms with Crippen molar-refractivity contribution >= 4 is 40.8 Å². The van der Waals surface area contributed by atoms with Gasteiger partial charge in [-0.2, -0.15) is 0 Å². The summed E-state index contributed by atoms with van der Waals surface area (Å²) < 4.78 is 4.71. The van der Waals surface area contributed by atoms with E-state index < -0.39 is 21.8 Å². The molecule has 3 N–H and O–H groups in total. The number of hydrogen-bond donors (Lipinski definition) is 3. The van der Waals surface area contributed by atoms with Crippen molar-refractivity contribution in [3.63, 3.8) is 0 Å². The molecule has 8 heteroatoms. The van der Waals surface area contributed by atoms with Crippen LogP contribution in [0, 0.1) is 51.8 Å². The van der Waals surface area contributed by atoms with Crippen LogP contribution in [0.15, 0.2) is 11.6 Å². The summed E-state index contributed by atoms with van der Waals surface area (Å²) in [6.07, 6.45) is 6.02. The van der Waals surface area contributed by atoms with Gasteiger partial charge in [-0.1, -0.05) is 74.1 Å². The van der Waals surface area contributed by atoms with E-state index in [1.165, 1.54) is 0 Å². The van der Waals surface area contributed by atoms with Crippen molar-refractivity contribution in [2.24, 2.45) is 51.8 Å². The lowest BCUT2D eigenvalue weighted by Crippen LogP contribution is -2.66. The molecule has 4 aliphatic carbocycles. The first-order valence-corrected chi connectivity index (χ1v) is 15.5. The third-order valence-electron chi connectivity index (χ3n) is 12.0. The molecule has 0 saturated heterocycles. The summed E-state index contributed by atoms with van der Waals surface area (Å²) in [6.45, 7) is 13.0. The van der Waals surface area contributed by atoms with Gasteiger partial charge in [0.2, 0.25) is 3.79 Å². The quantitative estimate of drug-likeness (QED) is 0.227. The number of carboxylic acid groups (broad SMARTS) is 1. The number of fused-ring (bicyclic) bond motifs is 5. The second kappa shape index (κ2) is 10.7. The molecule has 0 radical (unpaired) electrons. The molecule has 38 heavy (non-hydrogen) atoms. The van der Waals surface area contributed by atoms with Crippen LogP contribution in [0.4, 0.5) is 0 Å². The van der Waals surface area contributed by atoms with E-state index in [0.717, 1.165) is 31.3 Å². The van der Waals surface area contributed by atoms with Gasteiger partial charge in [0.05, 0.1) is 30.8 Å². The van der Waals surface area contributed by atoms with E-state index >= 15 is 0 Å². The van der Waals surface area contributed by atoms with E-state index in [4.69, 9.17) is 39.5 Å². The van der Waals surface area contributed by atoms with Gasteiger partial charge in [0.25, 0.3) is 0 Å². The predicted molar refractivity (Wildman–Crippen MR) is 152 cm³/mol. The van der Waals surface area contributed by atoms with Crippen molar-refractivity contribution in [3.8, 4) is 0 Å². The van der Waals surface area contributed by atoms with E-state index in [2.05, 4.69) is 27.7 Å².